The van der Waals surface area contributed by atoms with Gasteiger partial charge in [0.15, 0.2) is 0 Å². The molecule has 1 fully saturated rings. The van der Waals surface area contributed by atoms with E-state index in [0.29, 0.717) is 0 Å². The van der Waals surface area contributed by atoms with Crippen LogP contribution in [0.2, 0.25) is 0 Å². The predicted molar refractivity (Wildman–Crippen MR) is 74.8 cm³/mol. The van der Waals surface area contributed by atoms with Crippen molar-refractivity contribution in [3.63, 3.8) is 0 Å². The largest absolute Gasteiger partial charge is 0.508 e. The Hall–Kier alpha value is -2.00. The lowest BCUT2D eigenvalue weighted by Crippen LogP contribution is -2.48. The molecule has 0 spiro atoms. The van der Waals surface area contributed by atoms with Crippen LogP contribution in [0, 0.1) is 0 Å². The number of amides is 1. The van der Waals surface area contributed by atoms with Crippen molar-refractivity contribution >= 4 is 22.1 Å². The predicted octanol–water partition coefficient (Wildman–Crippen LogP) is 1.14. The van der Waals surface area contributed by atoms with E-state index in [2.05, 4.69) is 0 Å². The summed E-state index contributed by atoms with van der Waals surface area (Å²) in [6.45, 7) is 0.397. The maximum atomic E-state index is 11.6. The highest BCUT2D eigenvalue weighted by Crippen LogP contribution is 2.27. The number of phenolic OH excluding ortho intramolecular Hbond substituents is 1. The third-order valence-electron chi connectivity index (χ3n) is 3.42. The van der Waals surface area contributed by atoms with Crippen molar-refractivity contribution in [2.75, 3.05) is 17.4 Å². The minimum atomic E-state index is -4.48. The average Bonchev–Trinajstić information content (AvgIpc) is 2.40. The summed E-state index contributed by atoms with van der Waals surface area (Å²) < 4.78 is 33.5. The summed E-state index contributed by atoms with van der Waals surface area (Å²) >= 11 is 0. The van der Waals surface area contributed by atoms with E-state index in [1.54, 1.807) is 0 Å². The number of phenols is 1. The van der Waals surface area contributed by atoms with Gasteiger partial charge in [0.25, 0.3) is 0 Å². The van der Waals surface area contributed by atoms with Gasteiger partial charge in [0, 0.05) is 13.1 Å². The van der Waals surface area contributed by atoms with Crippen LogP contribution in [0.4, 0.5) is 10.5 Å². The minimum Gasteiger partial charge on any atom is -0.508 e. The lowest BCUT2D eigenvalue weighted by molar-refractivity contribution is 0.132. The van der Waals surface area contributed by atoms with E-state index in [9.17, 15) is 22.9 Å². The molecule has 21 heavy (non-hydrogen) atoms. The second-order valence-corrected chi connectivity index (χ2v) is 6.08. The molecule has 2 rings (SSSR count). The molecule has 0 bridgehead atoms. The molecule has 1 amide bonds. The second kappa shape index (κ2) is 5.78. The zero-order valence-corrected chi connectivity index (χ0v) is 11.9. The van der Waals surface area contributed by atoms with E-state index in [4.69, 9.17) is 5.11 Å². The number of anilines is 1. The van der Waals surface area contributed by atoms with Crippen LogP contribution in [0.5, 0.6) is 5.75 Å². The smallest absolute Gasteiger partial charge is 0.407 e. The van der Waals surface area contributed by atoms with Crippen LogP contribution in [0.25, 0.3) is 0 Å². The first-order valence-corrected chi connectivity index (χ1v) is 7.72. The highest BCUT2D eigenvalue weighted by atomic mass is 32.2. The Labute approximate surface area is 122 Å². The Morgan fingerprint density at radius 1 is 1.19 bits per heavy atom. The first-order chi connectivity index (χ1) is 9.79. The standard InChI is InChI=1S/C12H16N2O6S/c15-11-3-1-9(2-4-11)14(21(18,19)20)10-5-7-13(8-6-10)12(16)17/h1-4,10,15H,5-8H2,(H,16,17)(H,18,19,20). The van der Waals surface area contributed by atoms with Crippen LogP contribution in [-0.2, 0) is 10.3 Å². The topological polar surface area (TPSA) is 118 Å². The molecule has 0 atom stereocenters. The Morgan fingerprint density at radius 3 is 2.14 bits per heavy atom. The number of benzene rings is 1. The summed E-state index contributed by atoms with van der Waals surface area (Å²) in [4.78, 5) is 12.1. The molecule has 1 aromatic rings. The lowest BCUT2D eigenvalue weighted by atomic mass is 10.0. The Bertz CT molecular complexity index is 607. The van der Waals surface area contributed by atoms with Gasteiger partial charge in [-0.15, -0.1) is 0 Å². The molecule has 0 aromatic heterocycles. The zero-order valence-electron chi connectivity index (χ0n) is 11.1. The summed E-state index contributed by atoms with van der Waals surface area (Å²) in [5.41, 5.74) is 0.226. The quantitative estimate of drug-likeness (QED) is 0.720. The summed E-state index contributed by atoms with van der Waals surface area (Å²) in [6, 6.07) is 4.87. The van der Waals surface area contributed by atoms with Crippen LogP contribution in [0.15, 0.2) is 24.3 Å². The number of likely N-dealkylation sites (tertiary alicyclic amines) is 1. The van der Waals surface area contributed by atoms with Gasteiger partial charge >= 0.3 is 16.4 Å². The summed E-state index contributed by atoms with van der Waals surface area (Å²) in [6.07, 6.45) is -0.476. The van der Waals surface area contributed by atoms with Gasteiger partial charge < -0.3 is 15.1 Å². The molecular weight excluding hydrogens is 300 g/mol. The van der Waals surface area contributed by atoms with Crippen molar-refractivity contribution in [2.24, 2.45) is 0 Å². The fraction of sp³-hybridized carbons (Fsp3) is 0.417. The first-order valence-electron chi connectivity index (χ1n) is 6.33. The fourth-order valence-electron chi connectivity index (χ4n) is 2.42. The molecule has 1 heterocycles. The van der Waals surface area contributed by atoms with Crippen LogP contribution in [0.3, 0.4) is 0 Å². The van der Waals surface area contributed by atoms with Crippen molar-refractivity contribution in [2.45, 2.75) is 18.9 Å². The van der Waals surface area contributed by atoms with Crippen LogP contribution >= 0.6 is 0 Å². The maximum absolute atomic E-state index is 11.6. The first kappa shape index (κ1) is 15.4. The normalized spacial score (nSPS) is 16.7. The summed E-state index contributed by atoms with van der Waals surface area (Å²) in [5.74, 6) is -0.0188. The molecule has 9 heteroatoms. The molecular formula is C12H16N2O6S. The lowest BCUT2D eigenvalue weighted by Gasteiger charge is -2.36. The van der Waals surface area contributed by atoms with E-state index >= 15 is 0 Å². The van der Waals surface area contributed by atoms with Crippen LogP contribution in [-0.4, -0.2) is 53.3 Å². The van der Waals surface area contributed by atoms with Gasteiger partial charge in [0.2, 0.25) is 0 Å². The van der Waals surface area contributed by atoms with Gasteiger partial charge in [-0.05, 0) is 37.1 Å². The average molecular weight is 316 g/mol. The number of hydrogen-bond donors (Lipinski definition) is 3. The zero-order chi connectivity index (χ0) is 15.6. The number of hydrogen-bond acceptors (Lipinski definition) is 4. The number of carbonyl (C=O) groups is 1. The molecule has 0 saturated carbocycles. The number of carboxylic acid groups (broad SMARTS) is 1. The number of piperidine rings is 1. The van der Waals surface area contributed by atoms with E-state index in [-0.39, 0.29) is 37.4 Å². The van der Waals surface area contributed by atoms with Crippen molar-refractivity contribution in [1.82, 2.24) is 4.90 Å². The van der Waals surface area contributed by atoms with Gasteiger partial charge in [0.1, 0.15) is 5.75 Å². The Morgan fingerprint density at radius 2 is 1.71 bits per heavy atom. The van der Waals surface area contributed by atoms with E-state index in [1.165, 1.54) is 29.2 Å². The highest BCUT2D eigenvalue weighted by Gasteiger charge is 2.33. The van der Waals surface area contributed by atoms with Crippen molar-refractivity contribution in [1.29, 1.82) is 0 Å². The maximum Gasteiger partial charge on any atom is 0.407 e. The molecule has 0 unspecified atom stereocenters. The third kappa shape index (κ3) is 3.56. The third-order valence-corrected chi connectivity index (χ3v) is 4.43. The minimum absolute atomic E-state index is 0.0188. The number of rotatable bonds is 3. The Kier molecular flexibility index (Phi) is 4.24. The fourth-order valence-corrected chi connectivity index (χ4v) is 3.40. The SMILES string of the molecule is O=C(O)N1CCC(N(c2ccc(O)cc2)S(=O)(=O)O)CC1. The second-order valence-electron chi connectivity index (χ2n) is 4.79. The molecule has 0 radical (unpaired) electrons. The molecule has 116 valence electrons. The molecule has 1 aliphatic rings. The molecule has 1 aliphatic heterocycles. The highest BCUT2D eigenvalue weighted by molar-refractivity contribution is 7.87. The van der Waals surface area contributed by atoms with E-state index in [0.717, 1.165) is 4.31 Å². The monoisotopic (exact) mass is 316 g/mol. The van der Waals surface area contributed by atoms with Gasteiger partial charge in [-0.3, -0.25) is 4.55 Å². The van der Waals surface area contributed by atoms with Crippen molar-refractivity contribution in [3.8, 4) is 5.75 Å². The van der Waals surface area contributed by atoms with Gasteiger partial charge in [0.05, 0.1) is 11.7 Å². The van der Waals surface area contributed by atoms with E-state index < -0.39 is 22.4 Å². The molecule has 3 N–H and O–H groups in total. The van der Waals surface area contributed by atoms with Gasteiger partial charge in [-0.2, -0.15) is 8.42 Å². The van der Waals surface area contributed by atoms with Crippen LogP contribution < -0.4 is 4.31 Å². The van der Waals surface area contributed by atoms with E-state index in [1.807, 2.05) is 0 Å². The van der Waals surface area contributed by atoms with Crippen molar-refractivity contribution in [3.05, 3.63) is 24.3 Å². The molecule has 1 aromatic carbocycles. The number of nitrogens with zero attached hydrogens (tertiary/aromatic N) is 2. The van der Waals surface area contributed by atoms with Gasteiger partial charge in [-0.1, -0.05) is 0 Å². The molecule has 8 nitrogen and oxygen atoms in total. The van der Waals surface area contributed by atoms with Crippen LogP contribution in [0.1, 0.15) is 12.8 Å². The molecule has 0 aliphatic carbocycles. The molecule has 1 saturated heterocycles. The summed E-state index contributed by atoms with van der Waals surface area (Å²) in [5, 5.41) is 18.1. The number of aromatic hydroxyl groups is 1. The van der Waals surface area contributed by atoms with Crippen molar-refractivity contribution < 1.29 is 28.0 Å². The summed E-state index contributed by atoms with van der Waals surface area (Å²) in [7, 11) is -4.48. The Balaban J connectivity index is 2.23. The van der Waals surface area contributed by atoms with Gasteiger partial charge in [-0.25, -0.2) is 9.10 Å².